The van der Waals surface area contributed by atoms with Crippen molar-refractivity contribution in [2.75, 3.05) is 7.05 Å². The first kappa shape index (κ1) is 22.0. The summed E-state index contributed by atoms with van der Waals surface area (Å²) in [5.74, 6) is 0.819. The summed E-state index contributed by atoms with van der Waals surface area (Å²) in [7, 11) is 1.58. The number of allylic oxidation sites excluding steroid dienone is 1. The predicted molar refractivity (Wildman–Crippen MR) is 117 cm³/mol. The quantitative estimate of drug-likeness (QED) is 0.561. The first-order chi connectivity index (χ1) is 14.3. The lowest BCUT2D eigenvalue weighted by Crippen LogP contribution is -2.42. The third-order valence-corrected chi connectivity index (χ3v) is 6.25. The van der Waals surface area contributed by atoms with E-state index in [0.717, 1.165) is 0 Å². The monoisotopic (exact) mass is 407 g/mol. The molecular weight excluding hydrogens is 380 g/mol. The lowest BCUT2D eigenvalue weighted by Gasteiger charge is -2.38. The lowest BCUT2D eigenvalue weighted by atomic mass is 9.38. The third kappa shape index (κ3) is 4.24. The molecule has 1 aliphatic heterocycles. The number of nitrogens with one attached hydrogen (secondary N) is 1. The van der Waals surface area contributed by atoms with Crippen molar-refractivity contribution >= 4 is 23.5 Å². The van der Waals surface area contributed by atoms with Gasteiger partial charge >= 0.3 is 0 Å². The maximum atomic E-state index is 15.6. The molecule has 3 atom stereocenters. The van der Waals surface area contributed by atoms with E-state index in [9.17, 15) is 15.2 Å². The molecule has 0 radical (unpaired) electrons. The van der Waals surface area contributed by atoms with Gasteiger partial charge in [-0.3, -0.25) is 9.78 Å². The van der Waals surface area contributed by atoms with Gasteiger partial charge in [-0.15, -0.1) is 6.58 Å². The first-order valence-corrected chi connectivity index (χ1v) is 10.3. The van der Waals surface area contributed by atoms with Crippen LogP contribution in [0.2, 0.25) is 12.6 Å². The van der Waals surface area contributed by atoms with Crippen LogP contribution < -0.4 is 5.32 Å². The van der Waals surface area contributed by atoms with Crippen LogP contribution in [-0.4, -0.2) is 35.4 Å². The molecule has 30 heavy (non-hydrogen) atoms. The molecule has 0 saturated carbocycles. The fourth-order valence-electron chi connectivity index (χ4n) is 4.59. The highest BCUT2D eigenvalue weighted by molar-refractivity contribution is 6.67. The topological polar surface area (TPSA) is 86.0 Å². The highest BCUT2D eigenvalue weighted by Gasteiger charge is 2.42. The van der Waals surface area contributed by atoms with Crippen LogP contribution in [0.4, 0.5) is 4.39 Å². The largest absolute Gasteiger partial charge is 0.390 e. The summed E-state index contributed by atoms with van der Waals surface area (Å²) in [6.45, 7) is 5.17. The van der Waals surface area contributed by atoms with Gasteiger partial charge in [0.1, 0.15) is 5.82 Å². The summed E-state index contributed by atoms with van der Waals surface area (Å²) >= 11 is 0. The highest BCUT2D eigenvalue weighted by atomic mass is 19.1. The summed E-state index contributed by atoms with van der Waals surface area (Å²) in [5, 5.41) is 23.1. The van der Waals surface area contributed by atoms with Crippen LogP contribution >= 0.6 is 0 Å². The standard InChI is InChI=1S/C23H27BFN3O2/c1-4-5-6-16(22(29)27-3)15-11-18-20(28-12-15)8-7-17(21(18)25)19-9-10-24(14-26)13-23(19,2)30/h4,7-8,11-12,16,19,30H,1,5-6,9-10,13H2,2-3H3,(H,27,29). The number of benzene rings is 1. The molecule has 0 bridgehead atoms. The van der Waals surface area contributed by atoms with Gasteiger partial charge < -0.3 is 10.4 Å². The fraction of sp³-hybridized carbons (Fsp3) is 0.435. The number of carbonyl (C=O) groups is 1. The molecule has 156 valence electrons. The van der Waals surface area contributed by atoms with Crippen molar-refractivity contribution in [1.29, 1.82) is 5.26 Å². The number of nitriles is 1. The van der Waals surface area contributed by atoms with Crippen molar-refractivity contribution < 1.29 is 14.3 Å². The zero-order valence-corrected chi connectivity index (χ0v) is 17.5. The molecule has 0 spiro atoms. The van der Waals surface area contributed by atoms with Crippen molar-refractivity contribution in [3.05, 3.63) is 54.0 Å². The summed E-state index contributed by atoms with van der Waals surface area (Å²) in [6.07, 6.45) is 6.09. The molecule has 1 fully saturated rings. The van der Waals surface area contributed by atoms with E-state index in [1.165, 1.54) is 0 Å². The van der Waals surface area contributed by atoms with E-state index in [2.05, 4.69) is 22.8 Å². The Bertz CT molecular complexity index is 1000. The Morgan fingerprint density at radius 2 is 2.37 bits per heavy atom. The van der Waals surface area contributed by atoms with E-state index in [0.29, 0.717) is 53.9 Å². The second kappa shape index (κ2) is 8.97. The molecule has 2 N–H and O–H groups in total. The molecule has 3 rings (SSSR count). The molecule has 1 saturated heterocycles. The van der Waals surface area contributed by atoms with Crippen molar-refractivity contribution in [1.82, 2.24) is 10.3 Å². The van der Waals surface area contributed by atoms with Crippen LogP contribution in [0.1, 0.15) is 49.1 Å². The van der Waals surface area contributed by atoms with Crippen LogP contribution in [-0.2, 0) is 4.79 Å². The van der Waals surface area contributed by atoms with Crippen LogP contribution in [0.15, 0.2) is 37.1 Å². The number of amides is 1. The third-order valence-electron chi connectivity index (χ3n) is 6.25. The number of hydrogen-bond acceptors (Lipinski definition) is 4. The van der Waals surface area contributed by atoms with E-state index in [4.69, 9.17) is 0 Å². The van der Waals surface area contributed by atoms with E-state index < -0.39 is 23.3 Å². The molecule has 2 aromatic rings. The van der Waals surface area contributed by atoms with E-state index >= 15 is 4.39 Å². The average Bonchev–Trinajstić information content (AvgIpc) is 2.74. The van der Waals surface area contributed by atoms with Gasteiger partial charge in [0.2, 0.25) is 5.91 Å². The molecule has 1 aliphatic rings. The molecule has 1 aromatic heterocycles. The number of likely N-dealkylation sites (N-methyl/N-ethyl adjacent to an activating group) is 1. The summed E-state index contributed by atoms with van der Waals surface area (Å²) in [5.41, 5.74) is 0.433. The van der Waals surface area contributed by atoms with Gasteiger partial charge in [0.25, 0.3) is 6.71 Å². The minimum Gasteiger partial charge on any atom is -0.390 e. The molecule has 1 amide bonds. The Morgan fingerprint density at radius 1 is 1.60 bits per heavy atom. The van der Waals surface area contributed by atoms with E-state index in [1.54, 1.807) is 44.4 Å². The minimum absolute atomic E-state index is 0.146. The number of rotatable bonds is 6. The van der Waals surface area contributed by atoms with Gasteiger partial charge in [-0.25, -0.2) is 9.65 Å². The molecule has 1 aromatic carbocycles. The first-order valence-electron chi connectivity index (χ1n) is 10.3. The van der Waals surface area contributed by atoms with E-state index in [-0.39, 0.29) is 12.6 Å². The number of nitrogens with zero attached hydrogens (tertiary/aromatic N) is 2. The molecular formula is C23H27BFN3O2. The molecule has 7 heteroatoms. The average molecular weight is 407 g/mol. The summed E-state index contributed by atoms with van der Waals surface area (Å²) in [4.78, 5) is 16.8. The number of carbonyl (C=O) groups excluding carboxylic acids is 1. The van der Waals surface area contributed by atoms with Gasteiger partial charge in [-0.2, -0.15) is 0 Å². The fourth-order valence-corrected chi connectivity index (χ4v) is 4.59. The number of aromatic nitrogens is 1. The van der Waals surface area contributed by atoms with Crippen LogP contribution in [0.25, 0.3) is 10.9 Å². The number of fused-ring (bicyclic) bond motifs is 1. The Morgan fingerprint density at radius 3 is 3.00 bits per heavy atom. The lowest BCUT2D eigenvalue weighted by molar-refractivity contribution is -0.122. The number of aliphatic hydroxyl groups is 1. The minimum atomic E-state index is -1.16. The van der Waals surface area contributed by atoms with Crippen molar-refractivity contribution in [2.24, 2.45) is 0 Å². The maximum Gasteiger partial charge on any atom is 0.270 e. The van der Waals surface area contributed by atoms with E-state index in [1.807, 2.05) is 0 Å². The smallest absolute Gasteiger partial charge is 0.270 e. The normalized spacial score (nSPS) is 22.4. The van der Waals surface area contributed by atoms with Gasteiger partial charge in [-0.1, -0.05) is 18.5 Å². The van der Waals surface area contributed by atoms with Crippen LogP contribution in [0, 0.1) is 17.0 Å². The van der Waals surface area contributed by atoms with Gasteiger partial charge in [0.05, 0.1) is 17.0 Å². The zero-order valence-electron chi connectivity index (χ0n) is 17.5. The second-order valence-electron chi connectivity index (χ2n) is 8.35. The Labute approximate surface area is 177 Å². The summed E-state index contributed by atoms with van der Waals surface area (Å²) in [6, 6.07) is 5.13. The number of halogens is 1. The van der Waals surface area contributed by atoms with Crippen LogP contribution in [0.3, 0.4) is 0 Å². The van der Waals surface area contributed by atoms with Gasteiger partial charge in [-0.05, 0) is 55.8 Å². The van der Waals surface area contributed by atoms with Gasteiger partial charge in [0.15, 0.2) is 0 Å². The number of hydrogen-bond donors (Lipinski definition) is 2. The van der Waals surface area contributed by atoms with Crippen molar-refractivity contribution in [3.63, 3.8) is 0 Å². The highest BCUT2D eigenvalue weighted by Crippen LogP contribution is 2.43. The Kier molecular flexibility index (Phi) is 6.57. The van der Waals surface area contributed by atoms with Crippen LogP contribution in [0.5, 0.6) is 0 Å². The maximum absolute atomic E-state index is 15.6. The Balaban J connectivity index is 2.04. The molecule has 3 unspecified atom stereocenters. The second-order valence-corrected chi connectivity index (χ2v) is 8.35. The zero-order chi connectivity index (χ0) is 21.9. The molecule has 5 nitrogen and oxygen atoms in total. The van der Waals surface area contributed by atoms with Crippen molar-refractivity contribution in [2.45, 2.75) is 56.3 Å². The SMILES string of the molecule is C=CCCC(C(=O)NC)c1cnc2ccc(C3CCB(C#N)CC3(C)O)c(F)c2c1. The molecule has 0 aliphatic carbocycles. The Hall–Kier alpha value is -2.72. The summed E-state index contributed by atoms with van der Waals surface area (Å²) < 4.78 is 15.6. The predicted octanol–water partition coefficient (Wildman–Crippen LogP) is 3.97. The number of pyridine rings is 1. The van der Waals surface area contributed by atoms with Crippen molar-refractivity contribution in [3.8, 4) is 5.97 Å². The molecule has 2 heterocycles. The van der Waals surface area contributed by atoms with Gasteiger partial charge in [0, 0.05) is 30.5 Å².